The van der Waals surface area contributed by atoms with Gasteiger partial charge in [-0.05, 0) is 6.04 Å². The van der Waals surface area contributed by atoms with Crippen LogP contribution in [-0.4, -0.2) is 71.4 Å². The summed E-state index contributed by atoms with van der Waals surface area (Å²) in [6.07, 6.45) is 5.49. The van der Waals surface area contributed by atoms with Gasteiger partial charge < -0.3 is 4.74 Å². The molecular weight excluding hydrogens is 611 g/mol. The van der Waals surface area contributed by atoms with Gasteiger partial charge >= 0.3 is 194 Å². The number of hydrogen-bond donors (Lipinski definition) is 1. The number of allylic oxidation sites excluding steroid dienone is 1. The van der Waals surface area contributed by atoms with E-state index in [4.69, 9.17) is 18.9 Å². The van der Waals surface area contributed by atoms with E-state index in [1.165, 1.54) is 15.2 Å². The molecule has 0 heterocycles. The van der Waals surface area contributed by atoms with Crippen LogP contribution in [0, 0.1) is 11.8 Å². The Morgan fingerprint density at radius 2 is 1.72 bits per heavy atom. The molecule has 0 aliphatic carbocycles. The first kappa shape index (κ1) is 36.4. The van der Waals surface area contributed by atoms with Crippen LogP contribution in [-0.2, 0) is 20.8 Å². The number of methoxy groups -OCH3 is 1. The Morgan fingerprint density at radius 3 is 2.31 bits per heavy atom. The van der Waals surface area contributed by atoms with E-state index in [0.717, 1.165) is 43.6 Å². The van der Waals surface area contributed by atoms with Crippen molar-refractivity contribution in [2.75, 3.05) is 33.7 Å². The van der Waals surface area contributed by atoms with E-state index < -0.39 is 26.5 Å². The van der Waals surface area contributed by atoms with Gasteiger partial charge in [0.15, 0.2) is 0 Å². The molecule has 1 N–H and O–H groups in total. The Bertz CT molecular complexity index is 842. The number of rotatable bonds is 21. The van der Waals surface area contributed by atoms with Crippen LogP contribution >= 0.6 is 0 Å². The molecule has 0 saturated heterocycles. The summed E-state index contributed by atoms with van der Waals surface area (Å²) in [6.45, 7) is 18.8. The number of benzene rings is 1. The van der Waals surface area contributed by atoms with Gasteiger partial charge in [0, 0.05) is 14.7 Å². The van der Waals surface area contributed by atoms with E-state index in [-0.39, 0.29) is 12.0 Å². The molecule has 0 spiro atoms. The number of ether oxygens (including phenoxy) is 4. The monoisotopic (exact) mass is 670 g/mol. The zero-order valence-corrected chi connectivity index (χ0v) is 30.3. The predicted octanol–water partition coefficient (Wildman–Crippen LogP) is 8.09. The van der Waals surface area contributed by atoms with Crippen LogP contribution in [0.5, 0.6) is 5.75 Å². The summed E-state index contributed by atoms with van der Waals surface area (Å²) in [5.41, 5.74) is 2.36. The molecule has 0 amide bonds. The predicted molar refractivity (Wildman–Crippen MR) is 171 cm³/mol. The van der Waals surface area contributed by atoms with Crippen LogP contribution in [0.15, 0.2) is 46.1 Å². The summed E-state index contributed by atoms with van der Waals surface area (Å²) in [5, 5.41) is 11.0. The Balaban J connectivity index is 2.43. The number of aliphatic hydroxyl groups excluding tert-OH is 1. The molecule has 1 rings (SSSR count). The third kappa shape index (κ3) is 17.7. The van der Waals surface area contributed by atoms with Gasteiger partial charge in [0.25, 0.3) is 0 Å². The van der Waals surface area contributed by atoms with Gasteiger partial charge in [-0.1, -0.05) is 19.6 Å². The standard InChI is InChI=1S/C29H49O5Si.3CH3.Sn/c1-8-26(21-33-22-27-12-14-29(31-4)15-13-27)19-28(30)18-24(2)10-9-11-25(3)20-34-23-32-16-17-35(5,6)7;;;;/h11-15,24,26,28,30H,1,9-10,16-23H2,2-7H3;3*1H3;/b25-11+;;;;/t24-,26-,28-;;;;/m1..../s1. The second kappa shape index (κ2) is 18.7. The van der Waals surface area contributed by atoms with Crippen LogP contribution in [0.1, 0.15) is 45.1 Å². The van der Waals surface area contributed by atoms with Crippen molar-refractivity contribution in [1.29, 1.82) is 0 Å². The zero-order valence-electron chi connectivity index (χ0n) is 26.5. The molecule has 3 atom stereocenters. The summed E-state index contributed by atoms with van der Waals surface area (Å²) in [7, 11) is 0.628. The van der Waals surface area contributed by atoms with Gasteiger partial charge in [-0.25, -0.2) is 0 Å². The van der Waals surface area contributed by atoms with E-state index in [9.17, 15) is 5.11 Å². The molecule has 0 aromatic heterocycles. The first-order valence-electron chi connectivity index (χ1n) is 14.6. The molecular formula is C32H58O5SiSn. The topological polar surface area (TPSA) is 57.2 Å². The molecule has 5 nitrogen and oxygen atoms in total. The number of aliphatic hydroxyl groups is 1. The third-order valence-corrected chi connectivity index (χ3v) is 15.4. The van der Waals surface area contributed by atoms with Crippen LogP contribution < -0.4 is 4.74 Å². The normalized spacial score (nSPS) is 15.2. The van der Waals surface area contributed by atoms with E-state index in [0.29, 0.717) is 32.5 Å². The van der Waals surface area contributed by atoms with Gasteiger partial charge in [0.2, 0.25) is 0 Å². The summed E-state index contributed by atoms with van der Waals surface area (Å²) < 4.78 is 24.0. The molecule has 0 aliphatic rings. The molecule has 224 valence electrons. The van der Waals surface area contributed by atoms with Crippen molar-refractivity contribution < 1.29 is 24.1 Å². The van der Waals surface area contributed by atoms with Crippen molar-refractivity contribution in [3.63, 3.8) is 0 Å². The van der Waals surface area contributed by atoms with E-state index >= 15 is 0 Å². The van der Waals surface area contributed by atoms with Gasteiger partial charge in [0.05, 0.1) is 0 Å². The van der Waals surface area contributed by atoms with Crippen LogP contribution in [0.25, 0.3) is 0 Å². The second-order valence-electron chi connectivity index (χ2n) is 13.4. The Kier molecular flexibility index (Phi) is 17.5. The van der Waals surface area contributed by atoms with E-state index in [1.807, 2.05) is 24.3 Å². The third-order valence-electron chi connectivity index (χ3n) is 7.08. The summed E-state index contributed by atoms with van der Waals surface area (Å²) >= 11 is -2.34. The van der Waals surface area contributed by atoms with Crippen molar-refractivity contribution in [1.82, 2.24) is 0 Å². The minimum absolute atomic E-state index is 0.202. The summed E-state index contributed by atoms with van der Waals surface area (Å²) in [5.74, 6) is 1.50. The SMILES string of the molecule is C=[C]([C@@H](COCc1ccc(OC)cc1)C[C@H](O)C[C@H](C)CC/C=C(\C)COCOCC[Si](C)(C)C)[Sn]([CH3])([CH3])[CH3]. The van der Waals surface area contributed by atoms with Crippen molar-refractivity contribution in [3.05, 3.63) is 51.6 Å². The van der Waals surface area contributed by atoms with Crippen LogP contribution in [0.2, 0.25) is 40.5 Å². The van der Waals surface area contributed by atoms with Crippen LogP contribution in [0.3, 0.4) is 0 Å². The van der Waals surface area contributed by atoms with Crippen molar-refractivity contribution in [2.45, 2.75) is 92.7 Å². The maximum atomic E-state index is 11.0. The molecule has 1 aromatic rings. The minimum atomic E-state index is -2.34. The van der Waals surface area contributed by atoms with Gasteiger partial charge in [-0.2, -0.15) is 0 Å². The fourth-order valence-corrected chi connectivity index (χ4v) is 9.17. The van der Waals surface area contributed by atoms with Gasteiger partial charge in [-0.3, -0.25) is 0 Å². The Labute approximate surface area is 245 Å². The second-order valence-corrected chi connectivity index (χ2v) is 33.7. The molecule has 0 bridgehead atoms. The Hall–Kier alpha value is -0.644. The molecule has 0 unspecified atom stereocenters. The zero-order chi connectivity index (χ0) is 29.5. The first-order valence-corrected chi connectivity index (χ1v) is 28.3. The quantitative estimate of drug-likeness (QED) is 0.0621. The summed E-state index contributed by atoms with van der Waals surface area (Å²) in [4.78, 5) is 7.17. The van der Waals surface area contributed by atoms with Gasteiger partial charge in [-0.15, -0.1) is 0 Å². The molecule has 0 radical (unpaired) electrons. The molecule has 39 heavy (non-hydrogen) atoms. The number of hydrogen-bond acceptors (Lipinski definition) is 5. The van der Waals surface area contributed by atoms with E-state index in [2.05, 4.69) is 61.0 Å². The van der Waals surface area contributed by atoms with Crippen molar-refractivity contribution in [3.8, 4) is 5.75 Å². The average Bonchev–Trinajstić information content (AvgIpc) is 2.84. The first-order chi connectivity index (χ1) is 18.2. The van der Waals surface area contributed by atoms with Gasteiger partial charge in [0.1, 0.15) is 6.79 Å². The van der Waals surface area contributed by atoms with Crippen molar-refractivity contribution >= 4 is 26.5 Å². The van der Waals surface area contributed by atoms with Crippen molar-refractivity contribution in [2.24, 2.45) is 11.8 Å². The summed E-state index contributed by atoms with van der Waals surface area (Å²) in [6, 6.07) is 9.15. The fourth-order valence-electron chi connectivity index (χ4n) is 4.34. The van der Waals surface area contributed by atoms with Crippen LogP contribution in [0.4, 0.5) is 0 Å². The molecule has 0 aliphatic heterocycles. The molecule has 7 heteroatoms. The van der Waals surface area contributed by atoms with E-state index in [1.54, 1.807) is 7.11 Å². The fraction of sp³-hybridized carbons (Fsp3) is 0.688. The molecule has 0 fully saturated rings. The average molecular weight is 670 g/mol. The molecule has 1 aromatic carbocycles. The molecule has 0 saturated carbocycles. The maximum absolute atomic E-state index is 11.0. The Morgan fingerprint density at radius 1 is 1.05 bits per heavy atom.